The highest BCUT2D eigenvalue weighted by atomic mass is 16.5. The zero-order chi connectivity index (χ0) is 69.0. The molecule has 412 valence electrons. The van der Waals surface area contributed by atoms with E-state index in [1.807, 2.05) is 103 Å². The lowest BCUT2D eigenvalue weighted by molar-refractivity contribution is 0.483. The van der Waals surface area contributed by atoms with Gasteiger partial charge in [-0.1, -0.05) is 195 Å². The first kappa shape index (κ1) is 39.7. The second-order valence-electron chi connectivity index (χ2n) is 24.8. The Labute approximate surface area is 512 Å². The van der Waals surface area contributed by atoms with Crippen LogP contribution in [0.2, 0.25) is 0 Å². The van der Waals surface area contributed by atoms with E-state index in [-0.39, 0.29) is 58.4 Å². The van der Waals surface area contributed by atoms with E-state index in [9.17, 15) is 6.85 Å². The highest BCUT2D eigenvalue weighted by Gasteiger charge is 2.34. The molecule has 10 aromatic carbocycles. The molecule has 84 heavy (non-hydrogen) atoms. The quantitative estimate of drug-likeness (QED) is 0.176. The highest BCUT2D eigenvalue weighted by molar-refractivity contribution is 6.10. The third-order valence-corrected chi connectivity index (χ3v) is 16.0. The maximum absolute atomic E-state index is 10.1. The van der Waals surface area contributed by atoms with Crippen LogP contribution < -0.4 is 19.3 Å². The summed E-state index contributed by atoms with van der Waals surface area (Å²) in [6.45, 7) is 19.4. The predicted molar refractivity (Wildman–Crippen MR) is 350 cm³/mol. The van der Waals surface area contributed by atoms with E-state index in [4.69, 9.17) is 25.4 Å². The Kier molecular flexibility index (Phi) is 9.49. The molecule has 0 saturated heterocycles. The van der Waals surface area contributed by atoms with Gasteiger partial charge in [-0.15, -0.1) is 0 Å². The summed E-state index contributed by atoms with van der Waals surface area (Å²) < 4.78 is 134. The molecule has 0 spiro atoms. The molecule has 6 heteroatoms. The van der Waals surface area contributed by atoms with Gasteiger partial charge in [0.2, 0.25) is 0 Å². The number of pyridine rings is 1. The maximum Gasteiger partial charge on any atom is 0.137 e. The molecule has 2 aromatic heterocycles. The molecule has 10 bridgehead atoms. The van der Waals surface area contributed by atoms with Crippen molar-refractivity contribution in [3.8, 4) is 84.5 Å². The van der Waals surface area contributed by atoms with Gasteiger partial charge in [0.25, 0.3) is 0 Å². The lowest BCUT2D eigenvalue weighted by atomic mass is 9.79. The van der Waals surface area contributed by atoms with Crippen molar-refractivity contribution in [2.45, 2.75) is 78.6 Å². The van der Waals surface area contributed by atoms with Gasteiger partial charge in [0.15, 0.2) is 0 Å². The van der Waals surface area contributed by atoms with Crippen molar-refractivity contribution < 1.29 is 27.3 Å². The topological polar surface area (TPSA) is 42.8 Å². The second kappa shape index (κ2) is 20.1. The Bertz CT molecular complexity index is 5300. The largest absolute Gasteiger partial charge is 0.457 e. The molecular formula is C78H68N4O2. The molecule has 0 fully saturated rings. The molecule has 0 aliphatic carbocycles. The van der Waals surface area contributed by atoms with Crippen molar-refractivity contribution >= 4 is 44.6 Å². The predicted octanol–water partition coefficient (Wildman–Crippen LogP) is 21.6. The normalized spacial score (nSPS) is 15.3. The summed E-state index contributed by atoms with van der Waals surface area (Å²) >= 11 is 0. The molecular weight excluding hydrogens is 1020 g/mol. The molecule has 5 heterocycles. The van der Waals surface area contributed by atoms with Crippen LogP contribution in [0.1, 0.15) is 96.8 Å². The number of nitrogens with zero attached hydrogens (tertiary/aromatic N) is 4. The van der Waals surface area contributed by atoms with Crippen LogP contribution in [0.3, 0.4) is 0 Å². The maximum atomic E-state index is 10.1. The van der Waals surface area contributed by atoms with Crippen LogP contribution in [0.25, 0.3) is 83.3 Å². The molecule has 12 aromatic rings. The van der Waals surface area contributed by atoms with Crippen molar-refractivity contribution in [1.29, 1.82) is 0 Å². The summed E-state index contributed by atoms with van der Waals surface area (Å²) in [6.07, 6.45) is 1.78. The monoisotopic (exact) mass is 1110 g/mol. The van der Waals surface area contributed by atoms with E-state index >= 15 is 0 Å². The first-order chi connectivity index (χ1) is 45.9. The second-order valence-corrected chi connectivity index (χ2v) is 24.8. The Morgan fingerprint density at radius 2 is 1.07 bits per heavy atom. The fourth-order valence-electron chi connectivity index (χ4n) is 11.7. The Hall–Kier alpha value is -9.65. The third kappa shape index (κ3) is 9.46. The fraction of sp³-hybridized carbons (Fsp3) is 0.167. The van der Waals surface area contributed by atoms with Crippen molar-refractivity contribution in [2.24, 2.45) is 0 Å². The van der Waals surface area contributed by atoms with Crippen molar-refractivity contribution in [1.82, 2.24) is 9.55 Å². The molecule has 0 amide bonds. The van der Waals surface area contributed by atoms with Crippen molar-refractivity contribution in [3.05, 3.63) is 253 Å². The van der Waals surface area contributed by atoms with E-state index in [1.165, 1.54) is 0 Å². The number of hydrogen-bond donors (Lipinski definition) is 0. The minimum atomic E-state index is -0.627. The fourth-order valence-corrected chi connectivity index (χ4v) is 11.7. The molecule has 0 saturated carbocycles. The van der Waals surface area contributed by atoms with E-state index in [2.05, 4.69) is 109 Å². The third-order valence-electron chi connectivity index (χ3n) is 16.0. The number of ether oxygens (including phenoxy) is 2. The number of anilines is 4. The molecule has 6 nitrogen and oxygen atoms in total. The zero-order valence-electron chi connectivity index (χ0n) is 61.3. The first-order valence-corrected chi connectivity index (χ1v) is 28.3. The van der Waals surface area contributed by atoms with Crippen LogP contribution in [0.15, 0.2) is 236 Å². The summed E-state index contributed by atoms with van der Waals surface area (Å²) in [5.74, 6) is 2.31. The van der Waals surface area contributed by atoms with Crippen LogP contribution in [0, 0.1) is 0 Å². The minimum Gasteiger partial charge on any atom is -0.457 e. The van der Waals surface area contributed by atoms with Crippen LogP contribution >= 0.6 is 0 Å². The SMILES string of the molecule is [2H]c1c([2H])c([2H])c(-c2cc(-c3cc(C(C)(C)C)cc4c3N3CN(c5cccc(c5)Oc5ccc6c7c([2H])c([2H])c(-c8c([2H])c([2H])c([2H])c([2H])c8[2H])c([2H])c7n(c6c5)-c5cc(C(C)(C)C)c(cn5)-c5cccc(c5)Oc5ccccc5-4)c4ccccc43)cc(C(C)(C)C)c2)c([2H])c1[2H]. The molecule has 3 aliphatic rings. The molecule has 0 N–H and O–H groups in total. The molecule has 15 rings (SSSR count). The number of benzene rings is 10. The summed E-state index contributed by atoms with van der Waals surface area (Å²) in [4.78, 5) is 9.74. The lowest BCUT2D eigenvalue weighted by Crippen LogP contribution is -2.25. The van der Waals surface area contributed by atoms with Gasteiger partial charge in [0, 0.05) is 57.0 Å². The number of fused-ring (bicyclic) bond motifs is 5. The van der Waals surface area contributed by atoms with Crippen molar-refractivity contribution in [2.75, 3.05) is 16.5 Å². The number of rotatable bonds is 3. The summed E-state index contributed by atoms with van der Waals surface area (Å²) in [7, 11) is 0. The van der Waals surface area contributed by atoms with E-state index in [0.717, 1.165) is 72.8 Å². The molecule has 0 unspecified atom stereocenters. The zero-order valence-corrected chi connectivity index (χ0v) is 48.3. The molecule has 0 atom stereocenters. The number of para-hydroxylation sites is 3. The molecule has 0 radical (unpaired) electrons. The first-order valence-electron chi connectivity index (χ1n) is 34.8. The van der Waals surface area contributed by atoms with E-state index in [1.54, 1.807) is 22.9 Å². The van der Waals surface area contributed by atoms with Crippen LogP contribution in [-0.4, -0.2) is 16.2 Å². The van der Waals surface area contributed by atoms with Gasteiger partial charge in [0.05, 0.1) is 45.9 Å². The number of hydrogen-bond acceptors (Lipinski definition) is 5. The van der Waals surface area contributed by atoms with Gasteiger partial charge in [-0.25, -0.2) is 4.98 Å². The summed E-state index contributed by atoms with van der Waals surface area (Å²) in [5.41, 5.74) is 10.1. The highest BCUT2D eigenvalue weighted by Crippen LogP contribution is 2.54. The standard InChI is InChI=1S/C78H68N4O2/c1-76(2,3)56-39-54(51-24-14-11-15-25-51)38-55(40-56)65-43-57(77(4,5)6)44-66-64-30-16-19-33-73(64)84-59-28-20-26-53(41-59)67-48-79-74(47-68(67)78(7,8)9)82-71-42-52(50-22-12-10-13-23-50)34-36-62(71)63-37-35-61(46-72(63)82)83-60-29-21-27-58(45-60)80-49-81(75(65)66)70-32-18-17-31-69(70)80/h10-48H,49H2,1-9H3/i10D,11D,12D,13D,14D,15D,22D,23D,24D,25D,34D,36D,42D. The lowest BCUT2D eigenvalue weighted by Gasteiger charge is -2.31. The van der Waals surface area contributed by atoms with E-state index in [0.29, 0.717) is 45.3 Å². The number of aromatic nitrogens is 2. The van der Waals surface area contributed by atoms with Gasteiger partial charge in [-0.3, -0.25) is 4.57 Å². The van der Waals surface area contributed by atoms with Gasteiger partial charge in [-0.05, 0) is 151 Å². The molecule has 3 aliphatic heterocycles. The minimum absolute atomic E-state index is 0.105. The van der Waals surface area contributed by atoms with Gasteiger partial charge in [-0.2, -0.15) is 0 Å². The van der Waals surface area contributed by atoms with Gasteiger partial charge < -0.3 is 19.3 Å². The smallest absolute Gasteiger partial charge is 0.137 e. The van der Waals surface area contributed by atoms with Gasteiger partial charge >= 0.3 is 0 Å². The Balaban J connectivity index is 1.05. The summed E-state index contributed by atoms with van der Waals surface area (Å²) in [5, 5.41) is 0.727. The van der Waals surface area contributed by atoms with Crippen molar-refractivity contribution in [3.63, 3.8) is 0 Å². The van der Waals surface area contributed by atoms with Gasteiger partial charge in [0.1, 0.15) is 35.5 Å². The average molecular weight is 1110 g/mol. The van der Waals surface area contributed by atoms with E-state index < -0.39 is 70.6 Å². The van der Waals surface area contributed by atoms with Crippen LogP contribution in [0.4, 0.5) is 22.7 Å². The average Bonchev–Trinajstić information content (AvgIpc) is 1.62. The van der Waals surface area contributed by atoms with Crippen LogP contribution in [-0.2, 0) is 16.2 Å². The summed E-state index contributed by atoms with van der Waals surface area (Å²) in [6, 6.07) is 43.6. The van der Waals surface area contributed by atoms with Crippen LogP contribution in [0.5, 0.6) is 23.0 Å². The Morgan fingerprint density at radius 3 is 1.81 bits per heavy atom. The Morgan fingerprint density at radius 1 is 0.429 bits per heavy atom.